The molecule has 0 spiro atoms. The van der Waals surface area contributed by atoms with Gasteiger partial charge >= 0.3 is 0 Å². The van der Waals surface area contributed by atoms with Crippen LogP contribution < -0.4 is 5.32 Å². The number of nitrogens with one attached hydrogen (secondary N) is 1. The Morgan fingerprint density at radius 3 is 2.83 bits per heavy atom. The Balaban J connectivity index is 1.81. The molecule has 0 atom stereocenters. The van der Waals surface area contributed by atoms with Crippen molar-refractivity contribution in [2.45, 2.75) is 29.9 Å². The molecule has 1 amide bonds. The number of rotatable bonds is 8. The lowest BCUT2D eigenvalue weighted by atomic mass is 10.3. The predicted molar refractivity (Wildman–Crippen MR) is 109 cm³/mol. The fourth-order valence-electron chi connectivity index (χ4n) is 3.04. The SMILES string of the molecule is CCn1c(SCC(=O)NCCC#N)nc2cc(S(=O)(=O)N3CCOCC3)ccc21. The molecule has 2 aromatic rings. The van der Waals surface area contributed by atoms with Crippen LogP contribution in [-0.4, -0.2) is 66.8 Å². The van der Waals surface area contributed by atoms with E-state index in [9.17, 15) is 13.2 Å². The van der Waals surface area contributed by atoms with E-state index in [0.717, 1.165) is 5.52 Å². The number of nitrogens with zero attached hydrogens (tertiary/aromatic N) is 4. The number of aromatic nitrogens is 2. The molecule has 2 heterocycles. The summed E-state index contributed by atoms with van der Waals surface area (Å²) >= 11 is 1.29. The maximum Gasteiger partial charge on any atom is 0.243 e. The van der Waals surface area contributed by atoms with Crippen molar-refractivity contribution in [2.24, 2.45) is 0 Å². The van der Waals surface area contributed by atoms with E-state index in [0.29, 0.717) is 50.1 Å². The number of benzene rings is 1. The van der Waals surface area contributed by atoms with Crippen LogP contribution in [0.3, 0.4) is 0 Å². The topological polar surface area (TPSA) is 117 Å². The molecule has 29 heavy (non-hydrogen) atoms. The zero-order chi connectivity index (χ0) is 20.9. The number of aryl methyl sites for hydroxylation is 1. The van der Waals surface area contributed by atoms with Crippen molar-refractivity contribution >= 4 is 38.7 Å². The Hall–Kier alpha value is -2.13. The average molecular weight is 438 g/mol. The van der Waals surface area contributed by atoms with Gasteiger partial charge < -0.3 is 14.6 Å². The zero-order valence-electron chi connectivity index (χ0n) is 16.1. The second kappa shape index (κ2) is 9.58. The van der Waals surface area contributed by atoms with Gasteiger partial charge in [0, 0.05) is 26.2 Å². The van der Waals surface area contributed by atoms with E-state index in [-0.39, 0.29) is 23.0 Å². The Morgan fingerprint density at radius 1 is 1.38 bits per heavy atom. The quantitative estimate of drug-likeness (QED) is 0.487. The first-order chi connectivity index (χ1) is 14.0. The molecule has 1 aromatic heterocycles. The third-order valence-corrected chi connectivity index (χ3v) is 7.37. The molecule has 1 N–H and O–H groups in total. The standard InChI is InChI=1S/C18H23N5O4S2/c1-2-23-16-5-4-14(29(25,26)22-8-10-27-11-9-22)12-15(16)21-18(23)28-13-17(24)20-7-3-6-19/h4-5,12H,2-3,7-11,13H2,1H3,(H,20,24). The number of hydrogen-bond acceptors (Lipinski definition) is 7. The summed E-state index contributed by atoms with van der Waals surface area (Å²) in [4.78, 5) is 16.7. The van der Waals surface area contributed by atoms with Crippen LogP contribution in [0.25, 0.3) is 11.0 Å². The van der Waals surface area contributed by atoms with Gasteiger partial charge in [0.15, 0.2) is 5.16 Å². The van der Waals surface area contributed by atoms with Crippen molar-refractivity contribution in [2.75, 3.05) is 38.6 Å². The number of fused-ring (bicyclic) bond motifs is 1. The van der Waals surface area contributed by atoms with E-state index in [1.165, 1.54) is 16.1 Å². The zero-order valence-corrected chi connectivity index (χ0v) is 17.8. The first kappa shape index (κ1) is 21.6. The van der Waals surface area contributed by atoms with E-state index < -0.39 is 10.0 Å². The second-order valence-corrected chi connectivity index (χ2v) is 9.23. The van der Waals surface area contributed by atoms with Gasteiger partial charge in [-0.15, -0.1) is 0 Å². The lowest BCUT2D eigenvalue weighted by molar-refractivity contribution is -0.118. The normalized spacial score (nSPS) is 15.3. The lowest BCUT2D eigenvalue weighted by Gasteiger charge is -2.26. The number of nitriles is 1. The molecular weight excluding hydrogens is 414 g/mol. The number of carbonyl (C=O) groups excluding carboxylic acids is 1. The maximum absolute atomic E-state index is 12.9. The Kier molecular flexibility index (Phi) is 7.13. The summed E-state index contributed by atoms with van der Waals surface area (Å²) in [5.74, 6) is 0.00350. The smallest absolute Gasteiger partial charge is 0.243 e. The van der Waals surface area contributed by atoms with Crippen molar-refractivity contribution in [3.8, 4) is 6.07 Å². The van der Waals surface area contributed by atoms with Crippen LogP contribution in [0.15, 0.2) is 28.3 Å². The van der Waals surface area contributed by atoms with E-state index in [1.807, 2.05) is 17.6 Å². The van der Waals surface area contributed by atoms with E-state index >= 15 is 0 Å². The molecule has 1 aromatic carbocycles. The number of morpholine rings is 1. The van der Waals surface area contributed by atoms with Crippen molar-refractivity contribution in [3.63, 3.8) is 0 Å². The average Bonchev–Trinajstić information content (AvgIpc) is 3.09. The summed E-state index contributed by atoms with van der Waals surface area (Å²) in [6.45, 7) is 4.40. The predicted octanol–water partition coefficient (Wildman–Crippen LogP) is 1.20. The van der Waals surface area contributed by atoms with Gasteiger partial charge in [0.1, 0.15) is 0 Å². The highest BCUT2D eigenvalue weighted by Crippen LogP contribution is 2.27. The molecule has 156 valence electrons. The molecule has 1 fully saturated rings. The van der Waals surface area contributed by atoms with Gasteiger partial charge in [-0.2, -0.15) is 9.57 Å². The number of thioether (sulfide) groups is 1. The Labute approximate surface area is 174 Å². The van der Waals surface area contributed by atoms with Gasteiger partial charge in [-0.3, -0.25) is 4.79 Å². The highest BCUT2D eigenvalue weighted by Gasteiger charge is 2.27. The van der Waals surface area contributed by atoms with Gasteiger partial charge in [0.25, 0.3) is 0 Å². The van der Waals surface area contributed by atoms with Crippen LogP contribution in [0, 0.1) is 11.3 Å². The van der Waals surface area contributed by atoms with Crippen LogP contribution in [0.2, 0.25) is 0 Å². The number of imidazole rings is 1. The van der Waals surface area contributed by atoms with Crippen LogP contribution in [-0.2, 0) is 26.1 Å². The molecule has 0 bridgehead atoms. The summed E-state index contributed by atoms with van der Waals surface area (Å²) in [5.41, 5.74) is 1.40. The summed E-state index contributed by atoms with van der Waals surface area (Å²) in [5, 5.41) is 11.9. The molecule has 1 aliphatic heterocycles. The molecule has 0 aliphatic carbocycles. The van der Waals surface area contributed by atoms with Crippen molar-refractivity contribution in [1.82, 2.24) is 19.2 Å². The molecule has 0 radical (unpaired) electrons. The highest BCUT2D eigenvalue weighted by atomic mass is 32.2. The lowest BCUT2D eigenvalue weighted by Crippen LogP contribution is -2.40. The van der Waals surface area contributed by atoms with Crippen molar-refractivity contribution < 1.29 is 17.9 Å². The molecule has 11 heteroatoms. The Morgan fingerprint density at radius 2 is 2.14 bits per heavy atom. The molecule has 1 aliphatic rings. The largest absolute Gasteiger partial charge is 0.379 e. The molecule has 0 saturated carbocycles. The highest BCUT2D eigenvalue weighted by molar-refractivity contribution is 7.99. The third-order valence-electron chi connectivity index (χ3n) is 4.50. The second-order valence-electron chi connectivity index (χ2n) is 6.35. The monoisotopic (exact) mass is 437 g/mol. The van der Waals surface area contributed by atoms with Crippen LogP contribution in [0.5, 0.6) is 0 Å². The molecular formula is C18H23N5O4S2. The van der Waals surface area contributed by atoms with Gasteiger partial charge in [-0.05, 0) is 25.1 Å². The van der Waals surface area contributed by atoms with Gasteiger partial charge in [0.05, 0.1) is 47.4 Å². The Bertz CT molecular complexity index is 1020. The maximum atomic E-state index is 12.9. The van der Waals surface area contributed by atoms with Gasteiger partial charge in [0.2, 0.25) is 15.9 Å². The summed E-state index contributed by atoms with van der Waals surface area (Å²) in [6.07, 6.45) is 0.268. The van der Waals surface area contributed by atoms with Crippen LogP contribution >= 0.6 is 11.8 Å². The molecule has 9 nitrogen and oxygen atoms in total. The number of amides is 1. The summed E-state index contributed by atoms with van der Waals surface area (Å²) in [6, 6.07) is 6.92. The minimum absolute atomic E-state index is 0.171. The number of sulfonamides is 1. The van der Waals surface area contributed by atoms with Gasteiger partial charge in [-0.1, -0.05) is 11.8 Å². The number of carbonyl (C=O) groups is 1. The first-order valence-electron chi connectivity index (χ1n) is 9.32. The third kappa shape index (κ3) is 4.90. The van der Waals surface area contributed by atoms with E-state index in [4.69, 9.17) is 10.00 Å². The fraction of sp³-hybridized carbons (Fsp3) is 0.500. The van der Waals surface area contributed by atoms with Crippen molar-refractivity contribution in [1.29, 1.82) is 5.26 Å². The fourth-order valence-corrected chi connectivity index (χ4v) is 5.38. The van der Waals surface area contributed by atoms with Crippen molar-refractivity contribution in [3.05, 3.63) is 18.2 Å². The minimum atomic E-state index is -3.60. The number of hydrogen-bond donors (Lipinski definition) is 1. The number of ether oxygens (including phenoxy) is 1. The van der Waals surface area contributed by atoms with Crippen LogP contribution in [0.1, 0.15) is 13.3 Å². The summed E-state index contributed by atoms with van der Waals surface area (Å²) < 4.78 is 34.4. The minimum Gasteiger partial charge on any atom is -0.379 e. The van der Waals surface area contributed by atoms with E-state index in [1.54, 1.807) is 18.2 Å². The molecule has 1 saturated heterocycles. The molecule has 3 rings (SSSR count). The van der Waals surface area contributed by atoms with Crippen LogP contribution in [0.4, 0.5) is 0 Å². The molecule has 0 unspecified atom stereocenters. The van der Waals surface area contributed by atoms with E-state index in [2.05, 4.69) is 10.3 Å². The van der Waals surface area contributed by atoms with Gasteiger partial charge in [-0.25, -0.2) is 13.4 Å². The summed E-state index contributed by atoms with van der Waals surface area (Å²) in [7, 11) is -3.60. The first-order valence-corrected chi connectivity index (χ1v) is 11.7.